The molecule has 2 N–H and O–H groups in total. The lowest BCUT2D eigenvalue weighted by molar-refractivity contribution is -0.0367. The van der Waals surface area contributed by atoms with Gasteiger partial charge in [0.15, 0.2) is 0 Å². The maximum absolute atomic E-state index is 10.7. The first-order valence-corrected chi connectivity index (χ1v) is 8.44. The Kier molecular flexibility index (Phi) is 7.14. The van der Waals surface area contributed by atoms with Gasteiger partial charge >= 0.3 is 0 Å². The molecule has 18 heavy (non-hydrogen) atoms. The van der Waals surface area contributed by atoms with Crippen molar-refractivity contribution in [3.8, 4) is 0 Å². The van der Waals surface area contributed by atoms with Crippen LogP contribution in [-0.4, -0.2) is 40.1 Å². The first-order valence-electron chi connectivity index (χ1n) is 6.72. The van der Waals surface area contributed by atoms with Crippen LogP contribution in [0.4, 0.5) is 0 Å². The lowest BCUT2D eigenvalue weighted by Crippen LogP contribution is -2.28. The summed E-state index contributed by atoms with van der Waals surface area (Å²) < 4.78 is 32.3. The zero-order valence-corrected chi connectivity index (χ0v) is 12.0. The quantitative estimate of drug-likeness (QED) is 0.679. The van der Waals surface area contributed by atoms with Crippen molar-refractivity contribution in [2.45, 2.75) is 45.1 Å². The number of hydrogen-bond acceptors (Lipinski definition) is 4. The molecule has 1 saturated carbocycles. The number of nitrogens with two attached hydrogens (primary N) is 1. The molecule has 0 aromatic carbocycles. The molecule has 0 radical (unpaired) electrons. The van der Waals surface area contributed by atoms with E-state index in [4.69, 9.17) is 14.6 Å². The maximum atomic E-state index is 10.7. The number of ether oxygens (including phenoxy) is 2. The molecule has 0 spiro atoms. The molecule has 0 aliphatic heterocycles. The predicted octanol–water partition coefficient (Wildman–Crippen LogP) is 1.28. The summed E-state index contributed by atoms with van der Waals surface area (Å²) in [5.41, 5.74) is 0. The minimum Gasteiger partial charge on any atom is -0.378 e. The number of rotatable bonds is 8. The summed E-state index contributed by atoms with van der Waals surface area (Å²) in [5.74, 6) is 0.539. The smallest absolute Gasteiger partial charge is 0.211 e. The van der Waals surface area contributed by atoms with E-state index >= 15 is 0 Å². The van der Waals surface area contributed by atoms with Crippen LogP contribution in [-0.2, 0) is 19.5 Å². The summed E-state index contributed by atoms with van der Waals surface area (Å²) in [6.45, 7) is 3.31. The van der Waals surface area contributed by atoms with Crippen LogP contribution in [0.3, 0.4) is 0 Å². The summed E-state index contributed by atoms with van der Waals surface area (Å²) in [5, 5.41) is 4.86. The van der Waals surface area contributed by atoms with Crippen LogP contribution in [0.15, 0.2) is 0 Å². The van der Waals surface area contributed by atoms with Gasteiger partial charge in [-0.3, -0.25) is 0 Å². The Bertz CT molecular complexity index is 318. The monoisotopic (exact) mass is 279 g/mol. The van der Waals surface area contributed by atoms with Crippen molar-refractivity contribution in [1.82, 2.24) is 0 Å². The van der Waals surface area contributed by atoms with Crippen molar-refractivity contribution < 1.29 is 17.9 Å². The van der Waals surface area contributed by atoms with Gasteiger partial charge in [-0.1, -0.05) is 26.2 Å². The van der Waals surface area contributed by atoms with E-state index in [-0.39, 0.29) is 12.4 Å². The Balaban J connectivity index is 2.06. The van der Waals surface area contributed by atoms with Crippen molar-refractivity contribution in [1.29, 1.82) is 0 Å². The molecule has 0 aromatic rings. The van der Waals surface area contributed by atoms with Crippen LogP contribution in [0.2, 0.25) is 0 Å². The van der Waals surface area contributed by atoms with E-state index in [1.807, 2.05) is 0 Å². The SMILES string of the molecule is CCC1CCCCC1OCCOCCS(N)(=O)=O. The van der Waals surface area contributed by atoms with Gasteiger partial charge in [-0.2, -0.15) is 0 Å². The van der Waals surface area contributed by atoms with Gasteiger partial charge in [0, 0.05) is 0 Å². The van der Waals surface area contributed by atoms with Gasteiger partial charge in [-0.05, 0) is 18.8 Å². The molecule has 1 rings (SSSR count). The Morgan fingerprint density at radius 2 is 1.89 bits per heavy atom. The first kappa shape index (κ1) is 15.9. The fourth-order valence-electron chi connectivity index (χ4n) is 2.40. The van der Waals surface area contributed by atoms with E-state index in [0.29, 0.717) is 25.2 Å². The highest BCUT2D eigenvalue weighted by atomic mass is 32.2. The molecular weight excluding hydrogens is 254 g/mol. The molecule has 0 amide bonds. The van der Waals surface area contributed by atoms with Crippen LogP contribution in [0.25, 0.3) is 0 Å². The molecule has 0 aromatic heterocycles. The second kappa shape index (κ2) is 8.09. The van der Waals surface area contributed by atoms with Crippen molar-refractivity contribution in [3.05, 3.63) is 0 Å². The Labute approximate surface area is 110 Å². The van der Waals surface area contributed by atoms with Crippen molar-refractivity contribution >= 4 is 10.0 Å². The molecule has 1 aliphatic carbocycles. The minimum atomic E-state index is -3.41. The molecule has 0 heterocycles. The van der Waals surface area contributed by atoms with E-state index in [9.17, 15) is 8.42 Å². The number of primary sulfonamides is 1. The zero-order valence-electron chi connectivity index (χ0n) is 11.1. The van der Waals surface area contributed by atoms with Gasteiger partial charge < -0.3 is 9.47 Å². The number of hydrogen-bond donors (Lipinski definition) is 1. The maximum Gasteiger partial charge on any atom is 0.211 e. The molecule has 2 atom stereocenters. The topological polar surface area (TPSA) is 78.6 Å². The van der Waals surface area contributed by atoms with Gasteiger partial charge in [0.1, 0.15) is 0 Å². The summed E-state index contributed by atoms with van der Waals surface area (Å²) in [7, 11) is -3.41. The van der Waals surface area contributed by atoms with E-state index in [2.05, 4.69) is 6.92 Å². The highest BCUT2D eigenvalue weighted by Crippen LogP contribution is 2.28. The second-order valence-corrected chi connectivity index (χ2v) is 6.58. The average molecular weight is 279 g/mol. The fourth-order valence-corrected chi connectivity index (χ4v) is 2.75. The Morgan fingerprint density at radius 1 is 1.17 bits per heavy atom. The minimum absolute atomic E-state index is 0.131. The van der Waals surface area contributed by atoms with Gasteiger partial charge in [0.05, 0.1) is 31.7 Å². The van der Waals surface area contributed by atoms with Gasteiger partial charge in [-0.15, -0.1) is 0 Å². The third-order valence-electron chi connectivity index (χ3n) is 3.44. The molecule has 0 saturated heterocycles. The van der Waals surface area contributed by atoms with E-state index in [0.717, 1.165) is 12.8 Å². The van der Waals surface area contributed by atoms with Crippen molar-refractivity contribution in [3.63, 3.8) is 0 Å². The number of sulfonamides is 1. The Morgan fingerprint density at radius 3 is 2.56 bits per heavy atom. The van der Waals surface area contributed by atoms with Gasteiger partial charge in [0.2, 0.25) is 10.0 Å². The average Bonchev–Trinajstić information content (AvgIpc) is 2.32. The normalized spacial score (nSPS) is 25.2. The van der Waals surface area contributed by atoms with Crippen LogP contribution in [0, 0.1) is 5.92 Å². The third kappa shape index (κ3) is 6.68. The predicted molar refractivity (Wildman–Crippen MR) is 70.8 cm³/mol. The van der Waals surface area contributed by atoms with Gasteiger partial charge in [-0.25, -0.2) is 13.6 Å². The van der Waals surface area contributed by atoms with Gasteiger partial charge in [0.25, 0.3) is 0 Å². The lowest BCUT2D eigenvalue weighted by Gasteiger charge is -2.30. The van der Waals surface area contributed by atoms with E-state index < -0.39 is 10.0 Å². The summed E-state index contributed by atoms with van der Waals surface area (Å²) >= 11 is 0. The molecule has 6 heteroatoms. The second-order valence-electron chi connectivity index (χ2n) is 4.84. The molecule has 5 nitrogen and oxygen atoms in total. The largest absolute Gasteiger partial charge is 0.378 e. The van der Waals surface area contributed by atoms with Crippen molar-refractivity contribution in [2.24, 2.45) is 11.1 Å². The van der Waals surface area contributed by atoms with Crippen LogP contribution < -0.4 is 5.14 Å². The Hall–Kier alpha value is -0.170. The van der Waals surface area contributed by atoms with Crippen LogP contribution in [0.5, 0.6) is 0 Å². The molecular formula is C12H25NO4S. The van der Waals surface area contributed by atoms with E-state index in [1.54, 1.807) is 0 Å². The van der Waals surface area contributed by atoms with E-state index in [1.165, 1.54) is 19.3 Å². The molecule has 1 aliphatic rings. The van der Waals surface area contributed by atoms with Crippen LogP contribution in [0.1, 0.15) is 39.0 Å². The molecule has 108 valence electrons. The molecule has 0 bridgehead atoms. The lowest BCUT2D eigenvalue weighted by atomic mass is 9.85. The summed E-state index contributed by atoms with van der Waals surface area (Å²) in [4.78, 5) is 0. The highest BCUT2D eigenvalue weighted by Gasteiger charge is 2.23. The first-order chi connectivity index (χ1) is 8.53. The fraction of sp³-hybridized carbons (Fsp3) is 1.00. The van der Waals surface area contributed by atoms with Crippen LogP contribution >= 0.6 is 0 Å². The molecule has 2 unspecified atom stereocenters. The van der Waals surface area contributed by atoms with Crippen molar-refractivity contribution in [2.75, 3.05) is 25.6 Å². The molecule has 1 fully saturated rings. The standard InChI is InChI=1S/C12H25NO4S/c1-2-11-5-3-4-6-12(11)17-8-7-16-9-10-18(13,14)15/h11-12H,2-10H2,1H3,(H2,13,14,15). The highest BCUT2D eigenvalue weighted by molar-refractivity contribution is 7.89. The third-order valence-corrected chi connectivity index (χ3v) is 4.17. The summed E-state index contributed by atoms with van der Waals surface area (Å²) in [6, 6.07) is 0. The summed E-state index contributed by atoms with van der Waals surface area (Å²) in [6.07, 6.45) is 6.46. The zero-order chi connectivity index (χ0) is 13.4.